The van der Waals surface area contributed by atoms with Crippen LogP contribution in [-0.2, 0) is 4.57 Å². The van der Waals surface area contributed by atoms with E-state index in [9.17, 15) is 9.36 Å². The van der Waals surface area contributed by atoms with Crippen LogP contribution in [0.1, 0.15) is 38.2 Å². The van der Waals surface area contributed by atoms with Gasteiger partial charge in [-0.15, -0.1) is 0 Å². The second-order valence-electron chi connectivity index (χ2n) is 6.71. The molecule has 0 aliphatic rings. The standard InChI is InChI=1S/C24H22O2P/c1-5-19-10-12-20(13-11-19)27(26)22-9-7-6-8-21(22)24(25)23-17(3)14-16(2)15-18(23)4/h5-15H,1H2,2-4H3/q+1. The molecule has 0 radical (unpaired) electrons. The van der Waals surface area contributed by atoms with E-state index in [0.717, 1.165) is 22.3 Å². The van der Waals surface area contributed by atoms with Gasteiger partial charge in [-0.2, -0.15) is 0 Å². The molecule has 3 rings (SSSR count). The molecule has 0 N–H and O–H groups in total. The number of rotatable bonds is 5. The zero-order valence-corrected chi connectivity index (χ0v) is 16.7. The maximum Gasteiger partial charge on any atom is 0.416 e. The fourth-order valence-corrected chi connectivity index (χ4v) is 4.71. The Morgan fingerprint density at radius 1 is 0.926 bits per heavy atom. The van der Waals surface area contributed by atoms with Gasteiger partial charge in [0.1, 0.15) is 0 Å². The Hall–Kier alpha value is -2.83. The second kappa shape index (κ2) is 7.82. The highest BCUT2D eigenvalue weighted by Gasteiger charge is 2.30. The van der Waals surface area contributed by atoms with Crippen LogP contribution in [0.15, 0.2) is 67.2 Å². The van der Waals surface area contributed by atoms with Crippen molar-refractivity contribution in [3.8, 4) is 0 Å². The van der Waals surface area contributed by atoms with E-state index in [0.29, 0.717) is 21.7 Å². The molecule has 0 bridgehead atoms. The molecule has 0 fully saturated rings. The molecule has 3 aromatic rings. The molecule has 134 valence electrons. The Morgan fingerprint density at radius 3 is 2.11 bits per heavy atom. The van der Waals surface area contributed by atoms with Crippen LogP contribution in [0.25, 0.3) is 6.08 Å². The predicted octanol–water partition coefficient (Wildman–Crippen LogP) is 5.26. The number of hydrogen-bond donors (Lipinski definition) is 0. The van der Waals surface area contributed by atoms with E-state index in [4.69, 9.17) is 0 Å². The van der Waals surface area contributed by atoms with Crippen molar-refractivity contribution in [2.24, 2.45) is 0 Å². The Kier molecular flexibility index (Phi) is 5.48. The third-order valence-corrected chi connectivity index (χ3v) is 6.23. The highest BCUT2D eigenvalue weighted by Crippen LogP contribution is 2.26. The minimum atomic E-state index is -1.86. The minimum absolute atomic E-state index is 0.0772. The number of aryl methyl sites for hydroxylation is 3. The van der Waals surface area contributed by atoms with Crippen molar-refractivity contribution in [1.29, 1.82) is 0 Å². The lowest BCUT2D eigenvalue weighted by atomic mass is 9.93. The molecule has 0 saturated carbocycles. The van der Waals surface area contributed by atoms with Gasteiger partial charge in [0.05, 0.1) is 5.56 Å². The van der Waals surface area contributed by atoms with Crippen molar-refractivity contribution in [3.63, 3.8) is 0 Å². The predicted molar refractivity (Wildman–Crippen MR) is 114 cm³/mol. The summed E-state index contributed by atoms with van der Waals surface area (Å²) in [5.41, 5.74) is 5.18. The third-order valence-electron chi connectivity index (χ3n) is 4.63. The summed E-state index contributed by atoms with van der Waals surface area (Å²) in [6.45, 7) is 9.66. The molecule has 2 nitrogen and oxygen atoms in total. The molecule has 3 aromatic carbocycles. The average molecular weight is 373 g/mol. The molecule has 1 atom stereocenters. The first-order valence-corrected chi connectivity index (χ1v) is 10.1. The van der Waals surface area contributed by atoms with Gasteiger partial charge in [0, 0.05) is 5.56 Å². The lowest BCUT2D eigenvalue weighted by Crippen LogP contribution is -2.18. The van der Waals surface area contributed by atoms with Crippen LogP contribution in [0.4, 0.5) is 0 Å². The summed E-state index contributed by atoms with van der Waals surface area (Å²) in [4.78, 5) is 13.3. The molecule has 0 spiro atoms. The van der Waals surface area contributed by atoms with Gasteiger partial charge in [0.2, 0.25) is 5.30 Å². The number of carbonyl (C=O) groups excluding carboxylic acids is 1. The van der Waals surface area contributed by atoms with Gasteiger partial charge in [-0.3, -0.25) is 4.79 Å². The van der Waals surface area contributed by atoms with E-state index in [2.05, 4.69) is 6.58 Å². The number of benzene rings is 3. The summed E-state index contributed by atoms with van der Waals surface area (Å²) in [5.74, 6) is -0.0772. The molecular formula is C24H22O2P+. The quantitative estimate of drug-likeness (QED) is 0.451. The molecule has 0 aliphatic carbocycles. The van der Waals surface area contributed by atoms with E-state index < -0.39 is 7.80 Å². The van der Waals surface area contributed by atoms with Crippen molar-refractivity contribution in [1.82, 2.24) is 0 Å². The number of carbonyl (C=O) groups is 1. The highest BCUT2D eigenvalue weighted by atomic mass is 31.1. The third kappa shape index (κ3) is 3.82. The van der Waals surface area contributed by atoms with Crippen LogP contribution in [-0.4, -0.2) is 5.78 Å². The molecule has 0 saturated heterocycles. The first kappa shape index (κ1) is 18.9. The SMILES string of the molecule is C=Cc1ccc([P+](=O)c2ccccc2C(=O)c2c(C)cc(C)cc2C)cc1. The van der Waals surface area contributed by atoms with Crippen molar-refractivity contribution in [3.05, 3.63) is 101 Å². The summed E-state index contributed by atoms with van der Waals surface area (Å²) >= 11 is 0. The van der Waals surface area contributed by atoms with Gasteiger partial charge < -0.3 is 0 Å². The summed E-state index contributed by atoms with van der Waals surface area (Å²) in [5, 5.41) is 1.27. The van der Waals surface area contributed by atoms with Crippen LogP contribution in [0, 0.1) is 20.8 Å². The van der Waals surface area contributed by atoms with E-state index in [1.807, 2.05) is 69.3 Å². The van der Waals surface area contributed by atoms with E-state index in [1.165, 1.54) is 0 Å². The molecule has 0 heterocycles. The van der Waals surface area contributed by atoms with E-state index in [-0.39, 0.29) is 5.78 Å². The van der Waals surface area contributed by atoms with Crippen LogP contribution in [0.3, 0.4) is 0 Å². The average Bonchev–Trinajstić information content (AvgIpc) is 2.66. The van der Waals surface area contributed by atoms with Gasteiger partial charge in [-0.1, -0.05) is 59.2 Å². The van der Waals surface area contributed by atoms with Crippen molar-refractivity contribution in [2.75, 3.05) is 0 Å². The molecule has 3 heteroatoms. The Bertz CT molecular complexity index is 1020. The van der Waals surface area contributed by atoms with Crippen LogP contribution in [0.5, 0.6) is 0 Å². The van der Waals surface area contributed by atoms with Crippen molar-refractivity contribution in [2.45, 2.75) is 20.8 Å². The lowest BCUT2D eigenvalue weighted by molar-refractivity contribution is 0.103. The fourth-order valence-electron chi connectivity index (χ4n) is 3.40. The molecule has 0 amide bonds. The maximum absolute atomic E-state index is 13.3. The largest absolute Gasteiger partial charge is 0.416 e. The lowest BCUT2D eigenvalue weighted by Gasteiger charge is -2.10. The fraction of sp³-hybridized carbons (Fsp3) is 0.125. The Balaban J connectivity index is 2.07. The van der Waals surface area contributed by atoms with Gasteiger partial charge >= 0.3 is 7.80 Å². The van der Waals surface area contributed by atoms with Crippen LogP contribution >= 0.6 is 7.80 Å². The van der Waals surface area contributed by atoms with Gasteiger partial charge in [-0.05, 0) is 61.7 Å². The summed E-state index contributed by atoms with van der Waals surface area (Å²) in [6, 6.07) is 18.6. The zero-order chi connectivity index (χ0) is 19.6. The maximum atomic E-state index is 13.3. The summed E-state index contributed by atoms with van der Waals surface area (Å²) < 4.78 is 13.2. The smallest absolute Gasteiger partial charge is 0.288 e. The highest BCUT2D eigenvalue weighted by molar-refractivity contribution is 7.61. The summed E-state index contributed by atoms with van der Waals surface area (Å²) in [7, 11) is -1.86. The van der Waals surface area contributed by atoms with E-state index >= 15 is 0 Å². The van der Waals surface area contributed by atoms with Crippen molar-refractivity contribution >= 4 is 30.3 Å². The molecule has 0 aromatic heterocycles. The van der Waals surface area contributed by atoms with Gasteiger partial charge in [0.25, 0.3) is 0 Å². The number of hydrogen-bond acceptors (Lipinski definition) is 2. The van der Waals surface area contributed by atoms with Crippen LogP contribution < -0.4 is 10.6 Å². The van der Waals surface area contributed by atoms with Crippen LogP contribution in [0.2, 0.25) is 0 Å². The monoisotopic (exact) mass is 373 g/mol. The first-order valence-electron chi connectivity index (χ1n) is 8.83. The molecule has 27 heavy (non-hydrogen) atoms. The molecule has 1 unspecified atom stereocenters. The first-order chi connectivity index (χ1) is 12.9. The van der Waals surface area contributed by atoms with E-state index in [1.54, 1.807) is 18.2 Å². The molecule has 0 aliphatic heterocycles. The normalized spacial score (nSPS) is 11.1. The zero-order valence-electron chi connectivity index (χ0n) is 15.8. The molecular weight excluding hydrogens is 351 g/mol. The Morgan fingerprint density at radius 2 is 1.52 bits per heavy atom. The minimum Gasteiger partial charge on any atom is -0.288 e. The topological polar surface area (TPSA) is 34.1 Å². The summed E-state index contributed by atoms with van der Waals surface area (Å²) in [6.07, 6.45) is 1.75. The number of ketones is 1. The van der Waals surface area contributed by atoms with Gasteiger partial charge in [0.15, 0.2) is 11.1 Å². The second-order valence-corrected chi connectivity index (χ2v) is 8.30. The van der Waals surface area contributed by atoms with Gasteiger partial charge in [-0.25, -0.2) is 0 Å². The Labute approximate surface area is 161 Å². The van der Waals surface area contributed by atoms with Crippen molar-refractivity contribution < 1.29 is 9.36 Å².